The van der Waals surface area contributed by atoms with Crippen LogP contribution in [0.3, 0.4) is 0 Å². The number of carboxylic acid groups (broad SMARTS) is 1. The first-order valence-electron chi connectivity index (χ1n) is 5.10. The average Bonchev–Trinajstić information content (AvgIpc) is 2.34. The highest BCUT2D eigenvalue weighted by atomic mass is 16.4. The Balaban J connectivity index is 2.94. The average molecular weight is 251 g/mol. The molecule has 1 heterocycles. The smallest absolute Gasteiger partial charge is 0.328 e. The molecule has 5 N–H and O–H groups in total. The summed E-state index contributed by atoms with van der Waals surface area (Å²) in [6.45, 7) is -0.0782. The van der Waals surface area contributed by atoms with E-state index in [0.29, 0.717) is 5.56 Å². The molecule has 0 aliphatic carbocycles. The molecule has 0 unspecified atom stereocenters. The molecule has 0 aliphatic rings. The Bertz CT molecular complexity index is 485. The number of carbonyl (C=O) groups is 2. The number of amides is 1. The van der Waals surface area contributed by atoms with Gasteiger partial charge in [-0.2, -0.15) is 0 Å². The minimum atomic E-state index is -1.10. The monoisotopic (exact) mass is 251 g/mol. The van der Waals surface area contributed by atoms with Crippen LogP contribution in [0.2, 0.25) is 0 Å². The summed E-state index contributed by atoms with van der Waals surface area (Å²) in [7, 11) is 0. The van der Waals surface area contributed by atoms with Crippen LogP contribution in [0.1, 0.15) is 15.9 Å². The molecule has 1 rings (SSSR count). The van der Waals surface area contributed by atoms with Crippen molar-refractivity contribution in [3.8, 4) is 0 Å². The van der Waals surface area contributed by atoms with Gasteiger partial charge in [-0.1, -0.05) is 0 Å². The molecule has 0 saturated heterocycles. The van der Waals surface area contributed by atoms with Gasteiger partial charge in [0.05, 0.1) is 12.2 Å². The first-order valence-corrected chi connectivity index (χ1v) is 5.10. The van der Waals surface area contributed by atoms with Crippen molar-refractivity contribution >= 4 is 23.8 Å². The van der Waals surface area contributed by atoms with E-state index < -0.39 is 11.9 Å². The molecule has 96 valence electrons. The van der Waals surface area contributed by atoms with Gasteiger partial charge >= 0.3 is 5.97 Å². The summed E-state index contributed by atoms with van der Waals surface area (Å²) < 4.78 is 0. The van der Waals surface area contributed by atoms with Gasteiger partial charge in [-0.05, 0) is 17.7 Å². The van der Waals surface area contributed by atoms with E-state index >= 15 is 0 Å². The number of aliphatic carboxylic acids is 1. The lowest BCUT2D eigenvalue weighted by Crippen LogP contribution is -2.27. The van der Waals surface area contributed by atoms with Gasteiger partial charge in [-0.15, -0.1) is 0 Å². The number of hydrogen-bond acceptors (Lipinski definition) is 5. The quantitative estimate of drug-likeness (QED) is 0.522. The van der Waals surface area contributed by atoms with Gasteiger partial charge in [0.25, 0.3) is 5.91 Å². The fraction of sp³-hybridized carbons (Fsp3) is 0.182. The number of anilines is 1. The number of carboxylic acids is 1. The molecule has 0 bridgehead atoms. The van der Waals surface area contributed by atoms with E-state index in [1.54, 1.807) is 0 Å². The Morgan fingerprint density at radius 3 is 2.83 bits per heavy atom. The molecule has 0 aromatic carbocycles. The number of pyridine rings is 1. The molecule has 0 fully saturated rings. The normalized spacial score (nSPS) is 10.5. The van der Waals surface area contributed by atoms with E-state index in [-0.39, 0.29) is 24.5 Å². The summed E-state index contributed by atoms with van der Waals surface area (Å²) in [6, 6.07) is 1.43. The van der Waals surface area contributed by atoms with Gasteiger partial charge in [-0.3, -0.25) is 4.79 Å². The standard InChI is InChI=1S/C11H13N3O4/c12-10-8(11(18)13-3-4-15)5-7(6-14-10)1-2-9(16)17/h1-2,5-6,15H,3-4H2,(H2,12,14)(H,13,18)(H,16,17). The number of aliphatic hydroxyl groups excluding tert-OH is 1. The van der Waals surface area contributed by atoms with Crippen LogP contribution in [-0.4, -0.2) is 40.2 Å². The molecule has 1 aromatic heterocycles. The number of aromatic nitrogens is 1. The van der Waals surface area contributed by atoms with E-state index in [0.717, 1.165) is 6.08 Å². The Labute approximate surface area is 103 Å². The molecule has 0 saturated carbocycles. The third-order valence-electron chi connectivity index (χ3n) is 2.00. The van der Waals surface area contributed by atoms with Crippen LogP contribution in [0.4, 0.5) is 5.82 Å². The fourth-order valence-electron chi connectivity index (χ4n) is 1.20. The summed E-state index contributed by atoms with van der Waals surface area (Å²) in [5, 5.41) is 19.5. The van der Waals surface area contributed by atoms with Gasteiger partial charge in [0.15, 0.2) is 0 Å². The number of carbonyl (C=O) groups excluding carboxylic acids is 1. The van der Waals surface area contributed by atoms with Gasteiger partial charge in [0, 0.05) is 18.8 Å². The highest BCUT2D eigenvalue weighted by molar-refractivity contribution is 5.99. The van der Waals surface area contributed by atoms with E-state index in [1.807, 2.05) is 0 Å². The summed E-state index contributed by atoms with van der Waals surface area (Å²) in [4.78, 5) is 25.8. The van der Waals surface area contributed by atoms with Crippen molar-refractivity contribution in [2.75, 3.05) is 18.9 Å². The molecular formula is C11H13N3O4. The summed E-state index contributed by atoms with van der Waals surface area (Å²) in [6.07, 6.45) is 3.60. The maximum Gasteiger partial charge on any atom is 0.328 e. The molecule has 0 atom stereocenters. The zero-order valence-electron chi connectivity index (χ0n) is 9.46. The lowest BCUT2D eigenvalue weighted by atomic mass is 10.1. The summed E-state index contributed by atoms with van der Waals surface area (Å²) in [5.41, 5.74) is 6.12. The second kappa shape index (κ2) is 6.36. The molecule has 1 aromatic rings. The fourth-order valence-corrected chi connectivity index (χ4v) is 1.20. The molecule has 0 radical (unpaired) electrons. The maximum atomic E-state index is 11.6. The van der Waals surface area contributed by atoms with Gasteiger partial charge < -0.3 is 21.3 Å². The second-order valence-electron chi connectivity index (χ2n) is 3.35. The van der Waals surface area contributed by atoms with Gasteiger partial charge in [-0.25, -0.2) is 9.78 Å². The van der Waals surface area contributed by atoms with Crippen molar-refractivity contribution in [3.63, 3.8) is 0 Å². The Morgan fingerprint density at radius 1 is 1.50 bits per heavy atom. The molecule has 18 heavy (non-hydrogen) atoms. The van der Waals surface area contributed by atoms with Crippen LogP contribution < -0.4 is 11.1 Å². The number of nitrogens with two attached hydrogens (primary N) is 1. The van der Waals surface area contributed by atoms with Crippen LogP contribution >= 0.6 is 0 Å². The Kier molecular flexibility index (Phi) is 4.82. The van der Waals surface area contributed by atoms with Gasteiger partial charge in [0.2, 0.25) is 0 Å². The van der Waals surface area contributed by atoms with E-state index in [2.05, 4.69) is 10.3 Å². The Hall–Kier alpha value is -2.41. The van der Waals surface area contributed by atoms with Crippen molar-refractivity contribution in [3.05, 3.63) is 29.5 Å². The summed E-state index contributed by atoms with van der Waals surface area (Å²) in [5.74, 6) is -1.53. The maximum absolute atomic E-state index is 11.6. The topological polar surface area (TPSA) is 126 Å². The minimum Gasteiger partial charge on any atom is -0.478 e. The molecule has 7 nitrogen and oxygen atoms in total. The largest absolute Gasteiger partial charge is 0.478 e. The number of hydrogen-bond donors (Lipinski definition) is 4. The Morgan fingerprint density at radius 2 is 2.22 bits per heavy atom. The predicted molar refractivity (Wildman–Crippen MR) is 64.7 cm³/mol. The first-order chi connectivity index (χ1) is 8.54. The highest BCUT2D eigenvalue weighted by Gasteiger charge is 2.10. The molecule has 0 spiro atoms. The van der Waals surface area contributed by atoms with Crippen molar-refractivity contribution in [2.45, 2.75) is 0 Å². The minimum absolute atomic E-state index is 0.0397. The van der Waals surface area contributed by atoms with Crippen LogP contribution in [-0.2, 0) is 4.79 Å². The number of nitrogen functional groups attached to an aromatic ring is 1. The SMILES string of the molecule is Nc1ncc(C=CC(=O)O)cc1C(=O)NCCO. The zero-order valence-corrected chi connectivity index (χ0v) is 9.46. The van der Waals surface area contributed by atoms with Crippen molar-refractivity contribution in [1.82, 2.24) is 10.3 Å². The number of nitrogens with one attached hydrogen (secondary N) is 1. The lowest BCUT2D eigenvalue weighted by Gasteiger charge is -2.06. The van der Waals surface area contributed by atoms with Crippen molar-refractivity contribution in [2.24, 2.45) is 0 Å². The molecule has 7 heteroatoms. The van der Waals surface area contributed by atoms with Crippen LogP contribution in [0.25, 0.3) is 6.08 Å². The second-order valence-corrected chi connectivity index (χ2v) is 3.35. The highest BCUT2D eigenvalue weighted by Crippen LogP contribution is 2.12. The van der Waals surface area contributed by atoms with Crippen molar-refractivity contribution < 1.29 is 19.8 Å². The van der Waals surface area contributed by atoms with Crippen LogP contribution in [0, 0.1) is 0 Å². The van der Waals surface area contributed by atoms with E-state index in [4.69, 9.17) is 15.9 Å². The summed E-state index contributed by atoms with van der Waals surface area (Å²) >= 11 is 0. The number of aliphatic hydroxyl groups is 1. The third kappa shape index (κ3) is 3.87. The van der Waals surface area contributed by atoms with Crippen LogP contribution in [0.15, 0.2) is 18.3 Å². The van der Waals surface area contributed by atoms with E-state index in [9.17, 15) is 9.59 Å². The first kappa shape index (κ1) is 13.7. The molecular weight excluding hydrogens is 238 g/mol. The lowest BCUT2D eigenvalue weighted by molar-refractivity contribution is -0.131. The molecule has 1 amide bonds. The molecule has 0 aliphatic heterocycles. The number of nitrogens with zero attached hydrogens (tertiary/aromatic N) is 1. The predicted octanol–water partition coefficient (Wildman–Crippen LogP) is -0.516. The number of rotatable bonds is 5. The van der Waals surface area contributed by atoms with Crippen LogP contribution in [0.5, 0.6) is 0 Å². The van der Waals surface area contributed by atoms with Crippen molar-refractivity contribution in [1.29, 1.82) is 0 Å². The zero-order chi connectivity index (χ0) is 13.5. The van der Waals surface area contributed by atoms with Gasteiger partial charge in [0.1, 0.15) is 5.82 Å². The third-order valence-corrected chi connectivity index (χ3v) is 2.00. The van der Waals surface area contributed by atoms with E-state index in [1.165, 1.54) is 18.3 Å².